The number of thiol groups is 1. The van der Waals surface area contributed by atoms with Crippen LogP contribution in [0.4, 0.5) is 0 Å². The standard InChI is InChI=1S/C9H7NO2S/c11-9(12)7-8(13)5-3-1-2-4-6(5)10-7/h1-4,10,13H,(H,11,12). The number of hydrogen-bond donors (Lipinski definition) is 3. The van der Waals surface area contributed by atoms with E-state index < -0.39 is 5.97 Å². The maximum atomic E-state index is 10.7. The maximum Gasteiger partial charge on any atom is 0.353 e. The first-order valence-corrected chi connectivity index (χ1v) is 4.18. The molecule has 0 spiro atoms. The molecule has 4 heteroatoms. The summed E-state index contributed by atoms with van der Waals surface area (Å²) in [7, 11) is 0. The number of aromatic amines is 1. The fourth-order valence-corrected chi connectivity index (χ4v) is 1.63. The number of aromatic nitrogens is 1. The second-order valence-corrected chi connectivity index (χ2v) is 3.15. The van der Waals surface area contributed by atoms with Gasteiger partial charge in [0.25, 0.3) is 0 Å². The minimum Gasteiger partial charge on any atom is -0.477 e. The van der Waals surface area contributed by atoms with E-state index in [0.29, 0.717) is 4.90 Å². The first kappa shape index (κ1) is 8.19. The Labute approximate surface area is 79.8 Å². The van der Waals surface area contributed by atoms with Crippen molar-refractivity contribution < 1.29 is 9.90 Å². The van der Waals surface area contributed by atoms with Crippen molar-refractivity contribution in [3.63, 3.8) is 0 Å². The highest BCUT2D eigenvalue weighted by molar-refractivity contribution is 7.80. The summed E-state index contributed by atoms with van der Waals surface area (Å²) in [6, 6.07) is 7.35. The molecule has 0 saturated heterocycles. The number of rotatable bonds is 1. The third-order valence-corrected chi connectivity index (χ3v) is 2.36. The first-order chi connectivity index (χ1) is 6.20. The Morgan fingerprint density at radius 2 is 2.08 bits per heavy atom. The van der Waals surface area contributed by atoms with Gasteiger partial charge in [0, 0.05) is 15.8 Å². The lowest BCUT2D eigenvalue weighted by atomic mass is 10.2. The van der Waals surface area contributed by atoms with Gasteiger partial charge in [0.1, 0.15) is 5.69 Å². The Morgan fingerprint density at radius 3 is 2.69 bits per heavy atom. The number of carboxylic acids is 1. The summed E-state index contributed by atoms with van der Waals surface area (Å²) in [4.78, 5) is 14.0. The van der Waals surface area contributed by atoms with Crippen molar-refractivity contribution in [2.45, 2.75) is 4.90 Å². The number of fused-ring (bicyclic) bond motifs is 1. The van der Waals surface area contributed by atoms with Gasteiger partial charge in [0.15, 0.2) is 0 Å². The molecular formula is C9H7NO2S. The van der Waals surface area contributed by atoms with Crippen LogP contribution in [0.1, 0.15) is 10.5 Å². The average Bonchev–Trinajstić information content (AvgIpc) is 2.45. The molecule has 13 heavy (non-hydrogen) atoms. The summed E-state index contributed by atoms with van der Waals surface area (Å²) in [5, 5.41) is 9.62. The molecule has 0 fully saturated rings. The number of carbonyl (C=O) groups is 1. The van der Waals surface area contributed by atoms with E-state index in [1.807, 2.05) is 24.3 Å². The van der Waals surface area contributed by atoms with Gasteiger partial charge in [-0.2, -0.15) is 0 Å². The molecule has 2 aromatic rings. The van der Waals surface area contributed by atoms with E-state index >= 15 is 0 Å². The fraction of sp³-hybridized carbons (Fsp3) is 0. The Balaban J connectivity index is 2.81. The molecule has 66 valence electrons. The molecule has 0 radical (unpaired) electrons. The molecule has 1 aromatic carbocycles. The van der Waals surface area contributed by atoms with Crippen LogP contribution in [-0.2, 0) is 0 Å². The molecule has 0 aliphatic rings. The Hall–Kier alpha value is -1.42. The average molecular weight is 193 g/mol. The molecule has 2 rings (SSSR count). The van der Waals surface area contributed by atoms with Crippen LogP contribution in [-0.4, -0.2) is 16.1 Å². The Bertz CT molecular complexity index is 475. The molecule has 1 heterocycles. The van der Waals surface area contributed by atoms with Gasteiger partial charge in [0.05, 0.1) is 0 Å². The van der Waals surface area contributed by atoms with E-state index in [1.165, 1.54) is 0 Å². The monoisotopic (exact) mass is 193 g/mol. The number of para-hydroxylation sites is 1. The van der Waals surface area contributed by atoms with Crippen molar-refractivity contribution in [1.82, 2.24) is 4.98 Å². The van der Waals surface area contributed by atoms with Crippen molar-refractivity contribution in [1.29, 1.82) is 0 Å². The van der Waals surface area contributed by atoms with Crippen molar-refractivity contribution in [3.8, 4) is 0 Å². The summed E-state index contributed by atoms with van der Waals surface area (Å²) in [6.45, 7) is 0. The minimum atomic E-state index is -0.985. The van der Waals surface area contributed by atoms with Gasteiger partial charge in [-0.3, -0.25) is 0 Å². The molecule has 3 nitrogen and oxygen atoms in total. The molecule has 0 aliphatic heterocycles. The number of H-pyrrole nitrogens is 1. The number of nitrogens with one attached hydrogen (secondary N) is 1. The van der Waals surface area contributed by atoms with Crippen LogP contribution >= 0.6 is 12.6 Å². The fourth-order valence-electron chi connectivity index (χ4n) is 1.28. The van der Waals surface area contributed by atoms with Crippen LogP contribution in [0.2, 0.25) is 0 Å². The van der Waals surface area contributed by atoms with Gasteiger partial charge in [-0.25, -0.2) is 4.79 Å². The van der Waals surface area contributed by atoms with Crippen LogP contribution in [0.5, 0.6) is 0 Å². The maximum absolute atomic E-state index is 10.7. The molecule has 1 aromatic heterocycles. The lowest BCUT2D eigenvalue weighted by Crippen LogP contribution is -1.96. The van der Waals surface area contributed by atoms with Crippen LogP contribution in [0.15, 0.2) is 29.2 Å². The highest BCUT2D eigenvalue weighted by atomic mass is 32.1. The predicted octanol–water partition coefficient (Wildman–Crippen LogP) is 2.15. The molecular weight excluding hydrogens is 186 g/mol. The molecule has 0 bridgehead atoms. The minimum absolute atomic E-state index is 0.143. The summed E-state index contributed by atoms with van der Waals surface area (Å²) in [5.41, 5.74) is 0.939. The second-order valence-electron chi connectivity index (χ2n) is 2.70. The zero-order valence-electron chi connectivity index (χ0n) is 6.61. The van der Waals surface area contributed by atoms with Crippen molar-refractivity contribution >= 4 is 29.5 Å². The van der Waals surface area contributed by atoms with E-state index in [9.17, 15) is 4.79 Å². The summed E-state index contributed by atoms with van der Waals surface area (Å²) in [5.74, 6) is -0.985. The smallest absolute Gasteiger partial charge is 0.353 e. The largest absolute Gasteiger partial charge is 0.477 e. The number of hydrogen-bond acceptors (Lipinski definition) is 2. The van der Waals surface area contributed by atoms with Gasteiger partial charge < -0.3 is 10.1 Å². The van der Waals surface area contributed by atoms with Gasteiger partial charge in [-0.05, 0) is 6.07 Å². The van der Waals surface area contributed by atoms with Crippen molar-refractivity contribution in [3.05, 3.63) is 30.0 Å². The number of carboxylic acid groups (broad SMARTS) is 1. The quantitative estimate of drug-likeness (QED) is 0.608. The summed E-state index contributed by atoms with van der Waals surface area (Å²) >= 11 is 4.14. The molecule has 0 unspecified atom stereocenters. The van der Waals surface area contributed by atoms with Gasteiger partial charge in [-0.1, -0.05) is 18.2 Å². The normalized spacial score (nSPS) is 10.5. The van der Waals surface area contributed by atoms with E-state index in [2.05, 4.69) is 17.6 Å². The number of aromatic carboxylic acids is 1. The lowest BCUT2D eigenvalue weighted by Gasteiger charge is -1.88. The predicted molar refractivity (Wildman–Crippen MR) is 52.5 cm³/mol. The van der Waals surface area contributed by atoms with E-state index in [4.69, 9.17) is 5.11 Å². The zero-order chi connectivity index (χ0) is 9.42. The van der Waals surface area contributed by atoms with Crippen molar-refractivity contribution in [2.24, 2.45) is 0 Å². The molecule has 0 saturated carbocycles. The topological polar surface area (TPSA) is 53.1 Å². The highest BCUT2D eigenvalue weighted by Crippen LogP contribution is 2.25. The van der Waals surface area contributed by atoms with Crippen LogP contribution in [0.25, 0.3) is 10.9 Å². The van der Waals surface area contributed by atoms with Gasteiger partial charge in [-0.15, -0.1) is 12.6 Å². The van der Waals surface area contributed by atoms with E-state index in [0.717, 1.165) is 10.9 Å². The third kappa shape index (κ3) is 1.19. The second kappa shape index (κ2) is 2.81. The molecule has 0 atom stereocenters. The van der Waals surface area contributed by atoms with Gasteiger partial charge in [0.2, 0.25) is 0 Å². The van der Waals surface area contributed by atoms with E-state index in [1.54, 1.807) is 0 Å². The zero-order valence-corrected chi connectivity index (χ0v) is 7.51. The first-order valence-electron chi connectivity index (χ1n) is 3.73. The van der Waals surface area contributed by atoms with Crippen LogP contribution in [0.3, 0.4) is 0 Å². The van der Waals surface area contributed by atoms with E-state index in [-0.39, 0.29) is 5.69 Å². The van der Waals surface area contributed by atoms with Gasteiger partial charge >= 0.3 is 5.97 Å². The molecule has 2 N–H and O–H groups in total. The van der Waals surface area contributed by atoms with Crippen LogP contribution < -0.4 is 0 Å². The summed E-state index contributed by atoms with van der Waals surface area (Å²) < 4.78 is 0. The Morgan fingerprint density at radius 1 is 1.38 bits per heavy atom. The highest BCUT2D eigenvalue weighted by Gasteiger charge is 2.12. The summed E-state index contributed by atoms with van der Waals surface area (Å²) in [6.07, 6.45) is 0. The number of benzene rings is 1. The lowest BCUT2D eigenvalue weighted by molar-refractivity contribution is 0.0688. The Kier molecular flexibility index (Phi) is 1.77. The molecule has 0 aliphatic carbocycles. The van der Waals surface area contributed by atoms with Crippen LogP contribution in [0, 0.1) is 0 Å². The molecule has 0 amide bonds. The SMILES string of the molecule is O=C(O)c1[nH]c2ccccc2c1S. The van der Waals surface area contributed by atoms with Crippen molar-refractivity contribution in [2.75, 3.05) is 0 Å². The third-order valence-electron chi connectivity index (χ3n) is 1.89.